The maximum Gasteiger partial charge on any atom is 0.226 e. The van der Waals surface area contributed by atoms with E-state index >= 15 is 0 Å². The highest BCUT2D eigenvalue weighted by Gasteiger charge is 2.30. The predicted molar refractivity (Wildman–Crippen MR) is 91.6 cm³/mol. The summed E-state index contributed by atoms with van der Waals surface area (Å²) in [5, 5.41) is 16.5. The largest absolute Gasteiger partial charge is 0.391 e. The fraction of sp³-hybridized carbons (Fsp3) is 0.562. The van der Waals surface area contributed by atoms with Crippen LogP contribution in [0.2, 0.25) is 5.02 Å². The SMILES string of the molecule is CC(C)(Cc1cccc(Cl)c1)C(=O)NCC1CNCC1O.Cl. The minimum absolute atomic E-state index is 0. The summed E-state index contributed by atoms with van der Waals surface area (Å²) in [7, 11) is 0. The summed E-state index contributed by atoms with van der Waals surface area (Å²) in [6.07, 6.45) is 0.256. The molecular weight excluding hydrogens is 323 g/mol. The van der Waals surface area contributed by atoms with Crippen LogP contribution in [0.4, 0.5) is 0 Å². The van der Waals surface area contributed by atoms with Crippen molar-refractivity contribution in [1.82, 2.24) is 10.6 Å². The summed E-state index contributed by atoms with van der Waals surface area (Å²) < 4.78 is 0. The number of amides is 1. The minimum Gasteiger partial charge on any atom is -0.391 e. The lowest BCUT2D eigenvalue weighted by Gasteiger charge is -2.25. The molecule has 0 spiro atoms. The molecule has 2 rings (SSSR count). The summed E-state index contributed by atoms with van der Waals surface area (Å²) in [4.78, 5) is 12.4. The van der Waals surface area contributed by atoms with E-state index in [9.17, 15) is 9.90 Å². The Morgan fingerprint density at radius 2 is 2.18 bits per heavy atom. The highest BCUT2D eigenvalue weighted by molar-refractivity contribution is 6.30. The average molecular weight is 347 g/mol. The van der Waals surface area contributed by atoms with E-state index in [2.05, 4.69) is 10.6 Å². The van der Waals surface area contributed by atoms with Gasteiger partial charge < -0.3 is 15.7 Å². The minimum atomic E-state index is -0.512. The van der Waals surface area contributed by atoms with Crippen LogP contribution in [0.15, 0.2) is 24.3 Å². The van der Waals surface area contributed by atoms with Crippen molar-refractivity contribution in [2.75, 3.05) is 19.6 Å². The second-order valence-corrected chi connectivity index (χ2v) is 6.82. The van der Waals surface area contributed by atoms with E-state index in [1.54, 1.807) is 0 Å². The van der Waals surface area contributed by atoms with Gasteiger partial charge in [-0.05, 0) is 24.1 Å². The zero-order valence-electron chi connectivity index (χ0n) is 12.9. The molecule has 1 amide bonds. The van der Waals surface area contributed by atoms with Gasteiger partial charge >= 0.3 is 0 Å². The Hall–Kier alpha value is -0.810. The lowest BCUT2D eigenvalue weighted by molar-refractivity contribution is -0.129. The van der Waals surface area contributed by atoms with Crippen molar-refractivity contribution in [2.24, 2.45) is 11.3 Å². The number of aliphatic hydroxyl groups is 1. The monoisotopic (exact) mass is 346 g/mol. The van der Waals surface area contributed by atoms with Gasteiger partial charge in [0.2, 0.25) is 5.91 Å². The Morgan fingerprint density at radius 1 is 1.45 bits per heavy atom. The number of benzene rings is 1. The topological polar surface area (TPSA) is 61.4 Å². The fourth-order valence-corrected chi connectivity index (χ4v) is 2.84. The van der Waals surface area contributed by atoms with E-state index in [-0.39, 0.29) is 30.3 Å². The highest BCUT2D eigenvalue weighted by atomic mass is 35.5. The van der Waals surface area contributed by atoms with Crippen LogP contribution >= 0.6 is 24.0 Å². The number of nitrogens with one attached hydrogen (secondary N) is 2. The van der Waals surface area contributed by atoms with Crippen LogP contribution in [-0.4, -0.2) is 36.8 Å². The molecule has 1 heterocycles. The molecule has 22 heavy (non-hydrogen) atoms. The molecule has 1 aliphatic rings. The normalized spacial score (nSPS) is 21.3. The smallest absolute Gasteiger partial charge is 0.226 e. The average Bonchev–Trinajstić information content (AvgIpc) is 2.81. The zero-order valence-corrected chi connectivity index (χ0v) is 14.5. The van der Waals surface area contributed by atoms with E-state index in [1.807, 2.05) is 38.1 Å². The third-order valence-electron chi connectivity index (χ3n) is 3.98. The summed E-state index contributed by atoms with van der Waals surface area (Å²) in [6, 6.07) is 7.59. The van der Waals surface area contributed by atoms with Gasteiger partial charge in [0.25, 0.3) is 0 Å². The number of carbonyl (C=O) groups is 1. The third-order valence-corrected chi connectivity index (χ3v) is 4.21. The van der Waals surface area contributed by atoms with Gasteiger partial charge in [-0.3, -0.25) is 4.79 Å². The second-order valence-electron chi connectivity index (χ2n) is 6.39. The van der Waals surface area contributed by atoms with E-state index in [4.69, 9.17) is 11.6 Å². The molecule has 0 radical (unpaired) electrons. The summed E-state index contributed by atoms with van der Waals surface area (Å²) in [5.41, 5.74) is 0.534. The van der Waals surface area contributed by atoms with Crippen LogP contribution in [0.5, 0.6) is 0 Å². The van der Waals surface area contributed by atoms with Crippen LogP contribution in [0, 0.1) is 11.3 Å². The molecule has 1 aromatic carbocycles. The molecule has 1 aromatic rings. The Balaban J connectivity index is 0.00000242. The molecule has 0 bridgehead atoms. The molecule has 0 aromatic heterocycles. The maximum atomic E-state index is 12.4. The van der Waals surface area contributed by atoms with Gasteiger partial charge in [-0.25, -0.2) is 0 Å². The number of rotatable bonds is 5. The number of hydrogen-bond acceptors (Lipinski definition) is 3. The Kier molecular flexibility index (Phi) is 7.13. The Morgan fingerprint density at radius 3 is 2.77 bits per heavy atom. The molecule has 124 valence electrons. The van der Waals surface area contributed by atoms with Crippen LogP contribution in [0.1, 0.15) is 19.4 Å². The molecular formula is C16H24Cl2N2O2. The standard InChI is InChI=1S/C16H23ClN2O2.ClH/c1-16(2,7-11-4-3-5-13(17)6-11)15(21)19-9-12-8-18-10-14(12)20;/h3-6,12,14,18,20H,7-10H2,1-2H3,(H,19,21);1H. The first-order chi connectivity index (χ1) is 9.88. The van der Waals surface area contributed by atoms with Crippen molar-refractivity contribution in [3.63, 3.8) is 0 Å². The Labute approximate surface area is 143 Å². The van der Waals surface area contributed by atoms with Crippen molar-refractivity contribution in [3.05, 3.63) is 34.9 Å². The van der Waals surface area contributed by atoms with Crippen molar-refractivity contribution in [1.29, 1.82) is 0 Å². The third kappa shape index (κ3) is 5.13. The Bertz CT molecular complexity index is 509. The molecule has 0 aliphatic carbocycles. The fourth-order valence-electron chi connectivity index (χ4n) is 2.63. The second kappa shape index (κ2) is 8.16. The van der Waals surface area contributed by atoms with Gasteiger partial charge in [0.1, 0.15) is 0 Å². The van der Waals surface area contributed by atoms with Crippen molar-refractivity contribution in [3.8, 4) is 0 Å². The quantitative estimate of drug-likeness (QED) is 0.764. The predicted octanol–water partition coefficient (Wildman–Crippen LogP) is 2.03. The summed E-state index contributed by atoms with van der Waals surface area (Å²) in [5.74, 6) is 0.0949. The van der Waals surface area contributed by atoms with Crippen LogP contribution in [-0.2, 0) is 11.2 Å². The molecule has 2 unspecified atom stereocenters. The van der Waals surface area contributed by atoms with Crippen LogP contribution < -0.4 is 10.6 Å². The molecule has 4 nitrogen and oxygen atoms in total. The maximum absolute atomic E-state index is 12.4. The first-order valence-corrected chi connectivity index (χ1v) is 7.68. The number of halogens is 2. The first kappa shape index (κ1) is 19.2. The van der Waals surface area contributed by atoms with E-state index < -0.39 is 5.41 Å². The summed E-state index contributed by atoms with van der Waals surface area (Å²) >= 11 is 5.98. The lowest BCUT2D eigenvalue weighted by Crippen LogP contribution is -2.42. The molecule has 2 atom stereocenters. The van der Waals surface area contributed by atoms with Crippen molar-refractivity contribution < 1.29 is 9.90 Å². The lowest BCUT2D eigenvalue weighted by atomic mass is 9.84. The first-order valence-electron chi connectivity index (χ1n) is 7.30. The van der Waals surface area contributed by atoms with Gasteiger partial charge in [-0.2, -0.15) is 0 Å². The molecule has 3 N–H and O–H groups in total. The van der Waals surface area contributed by atoms with E-state index in [0.717, 1.165) is 12.1 Å². The number of carbonyl (C=O) groups excluding carboxylic acids is 1. The highest BCUT2D eigenvalue weighted by Crippen LogP contribution is 2.24. The molecule has 6 heteroatoms. The summed E-state index contributed by atoms with van der Waals surface area (Å²) in [6.45, 7) is 5.70. The number of hydrogen-bond donors (Lipinski definition) is 3. The number of β-amino-alcohol motifs (C(OH)–C–C–N with tert-alkyl or cyclic N) is 1. The molecule has 1 fully saturated rings. The van der Waals surface area contributed by atoms with Crippen molar-refractivity contribution in [2.45, 2.75) is 26.4 Å². The van der Waals surface area contributed by atoms with Gasteiger partial charge in [0, 0.05) is 36.0 Å². The zero-order chi connectivity index (χ0) is 15.5. The van der Waals surface area contributed by atoms with Crippen LogP contribution in [0.25, 0.3) is 0 Å². The van der Waals surface area contributed by atoms with Gasteiger partial charge in [0.15, 0.2) is 0 Å². The van der Waals surface area contributed by atoms with Crippen LogP contribution in [0.3, 0.4) is 0 Å². The molecule has 1 aliphatic heterocycles. The number of aliphatic hydroxyl groups excluding tert-OH is 1. The van der Waals surface area contributed by atoms with E-state index in [0.29, 0.717) is 24.5 Å². The molecule has 1 saturated heterocycles. The van der Waals surface area contributed by atoms with E-state index in [1.165, 1.54) is 0 Å². The van der Waals surface area contributed by atoms with Gasteiger partial charge in [-0.15, -0.1) is 12.4 Å². The van der Waals surface area contributed by atoms with Gasteiger partial charge in [0.05, 0.1) is 6.10 Å². The van der Waals surface area contributed by atoms with Crippen molar-refractivity contribution >= 4 is 29.9 Å². The van der Waals surface area contributed by atoms with Gasteiger partial charge in [-0.1, -0.05) is 37.6 Å². The molecule has 0 saturated carbocycles.